The minimum atomic E-state index is -0.0303. The van der Waals surface area contributed by atoms with Crippen LogP contribution in [0.25, 0.3) is 6.08 Å². The van der Waals surface area contributed by atoms with Crippen LogP contribution in [0.15, 0.2) is 47.8 Å². The zero-order valence-electron chi connectivity index (χ0n) is 21.8. The van der Waals surface area contributed by atoms with Gasteiger partial charge in [0.1, 0.15) is 0 Å². The molecule has 0 unspecified atom stereocenters. The van der Waals surface area contributed by atoms with Crippen LogP contribution in [0.3, 0.4) is 0 Å². The van der Waals surface area contributed by atoms with Crippen molar-refractivity contribution < 1.29 is 4.74 Å². The van der Waals surface area contributed by atoms with Crippen molar-refractivity contribution in [1.29, 1.82) is 0 Å². The number of ether oxygens (including phenoxy) is 1. The van der Waals surface area contributed by atoms with Crippen molar-refractivity contribution in [2.75, 3.05) is 14.1 Å². The first kappa shape index (κ1) is 22.7. The molecule has 3 fully saturated rings. The van der Waals surface area contributed by atoms with E-state index in [0.29, 0.717) is 23.3 Å². The molecule has 1 saturated heterocycles. The summed E-state index contributed by atoms with van der Waals surface area (Å²) >= 11 is 0. The molecule has 3 aliphatic carbocycles. The van der Waals surface area contributed by atoms with Crippen LogP contribution in [0.2, 0.25) is 0 Å². The zero-order chi connectivity index (χ0) is 23.7. The van der Waals surface area contributed by atoms with Crippen LogP contribution in [0, 0.1) is 30.1 Å². The number of pyridine rings is 1. The van der Waals surface area contributed by atoms with E-state index in [-0.39, 0.29) is 11.2 Å². The summed E-state index contributed by atoms with van der Waals surface area (Å²) in [6.45, 7) is 7.23. The first-order chi connectivity index (χ1) is 16.3. The quantitative estimate of drug-likeness (QED) is 0.499. The van der Waals surface area contributed by atoms with E-state index in [0.717, 1.165) is 18.8 Å². The highest BCUT2D eigenvalue weighted by atomic mass is 16.5. The van der Waals surface area contributed by atoms with Gasteiger partial charge in [-0.1, -0.05) is 38.2 Å². The number of hydrogen-bond acceptors (Lipinski definition) is 3. The Hall–Kier alpha value is -1.71. The molecular formula is C31H42N2O. The van der Waals surface area contributed by atoms with Gasteiger partial charge in [0.15, 0.2) is 0 Å². The molecule has 3 heteroatoms. The lowest BCUT2D eigenvalue weighted by atomic mass is 9.55. The van der Waals surface area contributed by atoms with Crippen LogP contribution in [0.1, 0.15) is 76.3 Å². The average Bonchev–Trinajstić information content (AvgIpc) is 3.33. The van der Waals surface area contributed by atoms with E-state index in [1.54, 1.807) is 5.57 Å². The molecule has 6 rings (SSSR count). The second-order valence-electron chi connectivity index (χ2n) is 12.6. The van der Waals surface area contributed by atoms with E-state index in [2.05, 4.69) is 75.1 Å². The van der Waals surface area contributed by atoms with Crippen LogP contribution in [-0.4, -0.2) is 41.2 Å². The topological polar surface area (TPSA) is 25.4 Å². The molecule has 2 saturated carbocycles. The monoisotopic (exact) mass is 458 g/mol. The van der Waals surface area contributed by atoms with E-state index >= 15 is 0 Å². The molecule has 3 heterocycles. The van der Waals surface area contributed by atoms with Gasteiger partial charge in [0, 0.05) is 18.4 Å². The number of fused-ring (bicyclic) bond motifs is 1. The third-order valence-corrected chi connectivity index (χ3v) is 10.8. The minimum Gasteiger partial charge on any atom is -0.359 e. The summed E-state index contributed by atoms with van der Waals surface area (Å²) in [5.41, 5.74) is 6.03. The Kier molecular flexibility index (Phi) is 5.28. The number of aryl methyl sites for hydroxylation is 1. The van der Waals surface area contributed by atoms with Crippen LogP contribution in [0.5, 0.6) is 0 Å². The predicted molar refractivity (Wildman–Crippen MR) is 139 cm³/mol. The summed E-state index contributed by atoms with van der Waals surface area (Å²) in [6.07, 6.45) is 23.7. The van der Waals surface area contributed by atoms with Crippen molar-refractivity contribution in [3.63, 3.8) is 0 Å². The van der Waals surface area contributed by atoms with Gasteiger partial charge >= 0.3 is 0 Å². The lowest BCUT2D eigenvalue weighted by Gasteiger charge is -2.56. The first-order valence-electron chi connectivity index (χ1n) is 13.6. The average molecular weight is 459 g/mol. The van der Waals surface area contributed by atoms with Gasteiger partial charge in [-0.05, 0) is 124 Å². The Morgan fingerprint density at radius 2 is 2.06 bits per heavy atom. The van der Waals surface area contributed by atoms with E-state index in [1.165, 1.54) is 55.2 Å². The molecule has 1 aromatic heterocycles. The molecule has 0 radical (unpaired) electrons. The number of hydrogen-bond donors (Lipinski definition) is 0. The standard InChI is InChI=1S/C31H42N2O/c1-21(6-7-23-13-17-32-20-22(23)2)27-10-11-28-29(27,3)14-12-25-18-24-8-9-26(33(4)5)19-30(24)15-16-31(25,28)34-30/h6-8,13,17-18,20-21,26-28H,9-12,14-16,19H2,1-5H3/t21-,26-,27-,28-,29-,30-,31-/m1/s1. The maximum absolute atomic E-state index is 7.42. The Morgan fingerprint density at radius 1 is 1.21 bits per heavy atom. The second kappa shape index (κ2) is 7.90. The van der Waals surface area contributed by atoms with Crippen molar-refractivity contribution in [3.05, 3.63) is 59.0 Å². The number of nitrogens with zero attached hydrogens (tertiary/aromatic N) is 2. The lowest BCUT2D eigenvalue weighted by molar-refractivity contribution is -0.149. The Balaban J connectivity index is 1.29. The molecule has 3 nitrogen and oxygen atoms in total. The minimum absolute atomic E-state index is 0.00157. The Morgan fingerprint density at radius 3 is 2.85 bits per heavy atom. The summed E-state index contributed by atoms with van der Waals surface area (Å²) in [5.74, 6) is 1.96. The van der Waals surface area contributed by atoms with Crippen LogP contribution < -0.4 is 0 Å². The fourth-order valence-corrected chi connectivity index (χ4v) is 8.81. The Labute approximate surface area is 206 Å². The Bertz CT molecular complexity index is 1070. The number of allylic oxidation sites excluding steroid dienone is 1. The molecule has 0 aromatic carbocycles. The molecule has 2 aliphatic heterocycles. The van der Waals surface area contributed by atoms with Crippen molar-refractivity contribution in [2.24, 2.45) is 23.2 Å². The van der Waals surface area contributed by atoms with Crippen LogP contribution in [-0.2, 0) is 4.74 Å². The van der Waals surface area contributed by atoms with Gasteiger partial charge in [0.05, 0.1) is 11.2 Å². The maximum Gasteiger partial charge on any atom is 0.0956 e. The molecule has 2 spiro atoms. The summed E-state index contributed by atoms with van der Waals surface area (Å²) in [6, 6.07) is 2.74. The molecule has 182 valence electrons. The normalized spacial score (nSPS) is 41.6. The maximum atomic E-state index is 7.42. The smallest absolute Gasteiger partial charge is 0.0956 e. The van der Waals surface area contributed by atoms with Crippen molar-refractivity contribution in [1.82, 2.24) is 9.88 Å². The largest absolute Gasteiger partial charge is 0.359 e. The van der Waals surface area contributed by atoms with Crippen molar-refractivity contribution in [2.45, 2.75) is 89.4 Å². The summed E-state index contributed by atoms with van der Waals surface area (Å²) in [4.78, 5) is 6.66. The molecule has 0 N–H and O–H groups in total. The van der Waals surface area contributed by atoms with Crippen molar-refractivity contribution in [3.8, 4) is 0 Å². The highest BCUT2D eigenvalue weighted by Gasteiger charge is 2.67. The van der Waals surface area contributed by atoms with E-state index in [9.17, 15) is 0 Å². The SMILES string of the molecule is Cc1cnccc1C=C[C@@H](C)[C@H]1CC[C@@H]2[C@]1(C)CCC1=CC3=CC[C@@H](N(C)C)C[C@]34CC[C@@]12O4. The third kappa shape index (κ3) is 3.19. The van der Waals surface area contributed by atoms with Crippen LogP contribution in [0.4, 0.5) is 0 Å². The summed E-state index contributed by atoms with van der Waals surface area (Å²) in [7, 11) is 4.47. The van der Waals surface area contributed by atoms with Gasteiger partial charge in [0.25, 0.3) is 0 Å². The second-order valence-corrected chi connectivity index (χ2v) is 12.6. The van der Waals surface area contributed by atoms with E-state index < -0.39 is 0 Å². The third-order valence-electron chi connectivity index (χ3n) is 10.8. The van der Waals surface area contributed by atoms with Gasteiger partial charge in [-0.3, -0.25) is 4.98 Å². The molecule has 1 aromatic rings. The predicted octanol–water partition coefficient (Wildman–Crippen LogP) is 6.74. The van der Waals surface area contributed by atoms with Crippen molar-refractivity contribution >= 4 is 6.08 Å². The molecular weight excluding hydrogens is 416 g/mol. The molecule has 0 amide bonds. The highest BCUT2D eigenvalue weighted by molar-refractivity contribution is 5.53. The molecule has 5 aliphatic rings. The first-order valence-corrected chi connectivity index (χ1v) is 13.6. The zero-order valence-corrected chi connectivity index (χ0v) is 21.8. The van der Waals surface area contributed by atoms with Gasteiger partial charge in [-0.2, -0.15) is 0 Å². The summed E-state index contributed by atoms with van der Waals surface area (Å²) < 4.78 is 7.42. The molecule has 7 atom stereocenters. The molecule has 2 bridgehead atoms. The van der Waals surface area contributed by atoms with E-state index in [4.69, 9.17) is 4.74 Å². The summed E-state index contributed by atoms with van der Waals surface area (Å²) in [5, 5.41) is 0. The fourth-order valence-electron chi connectivity index (χ4n) is 8.81. The van der Waals surface area contributed by atoms with Gasteiger partial charge in [0.2, 0.25) is 0 Å². The van der Waals surface area contributed by atoms with Crippen LogP contribution >= 0.6 is 0 Å². The number of rotatable bonds is 4. The highest BCUT2D eigenvalue weighted by Crippen LogP contribution is 2.69. The van der Waals surface area contributed by atoms with Gasteiger partial charge in [-0.15, -0.1) is 0 Å². The van der Waals surface area contributed by atoms with E-state index in [1.807, 2.05) is 12.4 Å². The van der Waals surface area contributed by atoms with Gasteiger partial charge in [-0.25, -0.2) is 0 Å². The lowest BCUT2D eigenvalue weighted by Crippen LogP contribution is -2.55. The fraction of sp³-hybridized carbons (Fsp3) is 0.645. The molecule has 34 heavy (non-hydrogen) atoms. The number of aromatic nitrogens is 1. The van der Waals surface area contributed by atoms with Gasteiger partial charge < -0.3 is 9.64 Å².